The monoisotopic (exact) mass is 294 g/mol. The van der Waals surface area contributed by atoms with Crippen LogP contribution in [0.1, 0.15) is 38.2 Å². The summed E-state index contributed by atoms with van der Waals surface area (Å²) in [6, 6.07) is 14.2. The van der Waals surface area contributed by atoms with Gasteiger partial charge in [0, 0.05) is 5.71 Å². The van der Waals surface area contributed by atoms with Gasteiger partial charge < -0.3 is 0 Å². The lowest BCUT2D eigenvalue weighted by molar-refractivity contribution is -0.120. The zero-order valence-electron chi connectivity index (χ0n) is 13.0. The van der Waals surface area contributed by atoms with E-state index in [9.17, 15) is 4.79 Å². The lowest BCUT2D eigenvalue weighted by atomic mass is 9.89. The Labute approximate surface area is 131 Å². The topological polar surface area (TPSA) is 41.5 Å². The molecule has 3 heteroatoms. The predicted octanol–water partition coefficient (Wildman–Crippen LogP) is 4.06. The summed E-state index contributed by atoms with van der Waals surface area (Å²) < 4.78 is 0. The molecule has 0 heterocycles. The van der Waals surface area contributed by atoms with Crippen molar-refractivity contribution in [2.45, 2.75) is 39.0 Å². The molecule has 0 aromatic heterocycles. The van der Waals surface area contributed by atoms with E-state index in [1.165, 1.54) is 24.6 Å². The summed E-state index contributed by atoms with van der Waals surface area (Å²) in [6.07, 6.45) is 5.01. The third-order valence-corrected chi connectivity index (χ3v) is 4.44. The number of hydrogen-bond acceptors (Lipinski definition) is 2. The number of benzene rings is 2. The summed E-state index contributed by atoms with van der Waals surface area (Å²) in [5, 5.41) is 6.66. The molecule has 0 bridgehead atoms. The maximum atomic E-state index is 12.2. The van der Waals surface area contributed by atoms with E-state index in [4.69, 9.17) is 0 Å². The van der Waals surface area contributed by atoms with Crippen LogP contribution in [-0.2, 0) is 11.2 Å². The van der Waals surface area contributed by atoms with Gasteiger partial charge in [0.15, 0.2) is 0 Å². The molecule has 1 saturated carbocycles. The van der Waals surface area contributed by atoms with E-state index in [1.54, 1.807) is 0 Å². The van der Waals surface area contributed by atoms with E-state index in [0.717, 1.165) is 23.1 Å². The number of carbonyl (C=O) groups excluding carboxylic acids is 1. The van der Waals surface area contributed by atoms with Crippen molar-refractivity contribution in [3.63, 3.8) is 0 Å². The number of carbonyl (C=O) groups is 1. The molecule has 22 heavy (non-hydrogen) atoms. The maximum absolute atomic E-state index is 12.2. The van der Waals surface area contributed by atoms with Crippen LogP contribution < -0.4 is 5.43 Å². The van der Waals surface area contributed by atoms with Crippen molar-refractivity contribution in [2.75, 3.05) is 0 Å². The van der Waals surface area contributed by atoms with Crippen molar-refractivity contribution in [3.8, 4) is 0 Å². The van der Waals surface area contributed by atoms with Crippen molar-refractivity contribution in [3.05, 3.63) is 48.0 Å². The van der Waals surface area contributed by atoms with Crippen molar-refractivity contribution in [1.82, 2.24) is 5.43 Å². The molecule has 1 aliphatic rings. The van der Waals surface area contributed by atoms with Crippen molar-refractivity contribution < 1.29 is 4.79 Å². The fraction of sp³-hybridized carbons (Fsp3) is 0.368. The van der Waals surface area contributed by atoms with E-state index in [2.05, 4.69) is 35.7 Å². The number of hydrazone groups is 1. The van der Waals surface area contributed by atoms with Crippen LogP contribution in [0.3, 0.4) is 0 Å². The van der Waals surface area contributed by atoms with Crippen molar-refractivity contribution in [2.24, 2.45) is 11.0 Å². The van der Waals surface area contributed by atoms with Gasteiger partial charge in [-0.1, -0.05) is 55.8 Å². The Bertz CT molecular complexity index is 700. The minimum absolute atomic E-state index is 0.0402. The van der Waals surface area contributed by atoms with Crippen molar-refractivity contribution >= 4 is 22.4 Å². The van der Waals surface area contributed by atoms with Gasteiger partial charge in [0.1, 0.15) is 0 Å². The Morgan fingerprint density at radius 1 is 1.18 bits per heavy atom. The van der Waals surface area contributed by atoms with Crippen LogP contribution in [0, 0.1) is 5.92 Å². The summed E-state index contributed by atoms with van der Waals surface area (Å²) >= 11 is 0. The molecule has 3 rings (SSSR count). The average molecular weight is 294 g/mol. The van der Waals surface area contributed by atoms with Crippen LogP contribution >= 0.6 is 0 Å². The first-order valence-electron chi connectivity index (χ1n) is 8.06. The molecule has 1 N–H and O–H groups in total. The van der Waals surface area contributed by atoms with E-state index < -0.39 is 0 Å². The first-order chi connectivity index (χ1) is 10.7. The highest BCUT2D eigenvalue weighted by molar-refractivity contribution is 5.91. The second-order valence-electron chi connectivity index (χ2n) is 6.10. The highest BCUT2D eigenvalue weighted by Gasteiger charge is 2.16. The van der Waals surface area contributed by atoms with Gasteiger partial charge in [-0.3, -0.25) is 4.79 Å². The lowest BCUT2D eigenvalue weighted by Gasteiger charge is -2.19. The van der Waals surface area contributed by atoms with Gasteiger partial charge in [-0.05, 0) is 41.5 Å². The molecular weight excluding hydrogens is 272 g/mol. The Balaban J connectivity index is 1.70. The van der Waals surface area contributed by atoms with E-state index in [0.29, 0.717) is 12.3 Å². The molecule has 0 saturated heterocycles. The number of rotatable bonds is 3. The maximum Gasteiger partial charge on any atom is 0.244 e. The van der Waals surface area contributed by atoms with Gasteiger partial charge in [0.25, 0.3) is 0 Å². The first kappa shape index (κ1) is 14.8. The number of fused-ring (bicyclic) bond motifs is 1. The summed E-state index contributed by atoms with van der Waals surface area (Å²) in [5.74, 6) is 0.452. The molecule has 0 spiro atoms. The zero-order valence-corrected chi connectivity index (χ0v) is 13.0. The van der Waals surface area contributed by atoms with Crippen LogP contribution in [0.5, 0.6) is 0 Å². The largest absolute Gasteiger partial charge is 0.273 e. The minimum Gasteiger partial charge on any atom is -0.273 e. The second kappa shape index (κ2) is 6.73. The Hall–Kier alpha value is -2.16. The highest BCUT2D eigenvalue weighted by atomic mass is 16.2. The predicted molar refractivity (Wildman–Crippen MR) is 90.9 cm³/mol. The van der Waals surface area contributed by atoms with Gasteiger partial charge in [0.2, 0.25) is 5.91 Å². The first-order valence-corrected chi connectivity index (χ1v) is 8.06. The summed E-state index contributed by atoms with van der Waals surface area (Å²) in [7, 11) is 0. The fourth-order valence-corrected chi connectivity index (χ4v) is 3.13. The summed E-state index contributed by atoms with van der Waals surface area (Å²) in [5.41, 5.74) is 4.93. The average Bonchev–Trinajstić information content (AvgIpc) is 2.54. The molecular formula is C19H22N2O. The van der Waals surface area contributed by atoms with Gasteiger partial charge in [0.05, 0.1) is 6.42 Å². The summed E-state index contributed by atoms with van der Waals surface area (Å²) in [6.45, 7) is 2.19. The number of amides is 1. The third kappa shape index (κ3) is 3.35. The number of nitrogens with zero attached hydrogens (tertiary/aromatic N) is 1. The van der Waals surface area contributed by atoms with Crippen LogP contribution in [0.25, 0.3) is 10.8 Å². The fourth-order valence-electron chi connectivity index (χ4n) is 3.13. The summed E-state index contributed by atoms with van der Waals surface area (Å²) in [4.78, 5) is 12.2. The molecule has 1 fully saturated rings. The SMILES string of the molecule is CC1CCCCC1=NNC(=O)Cc1cccc2ccccc12. The van der Waals surface area contributed by atoms with Crippen LogP contribution in [0.2, 0.25) is 0 Å². The van der Waals surface area contributed by atoms with Gasteiger partial charge in [-0.2, -0.15) is 5.10 Å². The Morgan fingerprint density at radius 2 is 2.00 bits per heavy atom. The quantitative estimate of drug-likeness (QED) is 0.852. The molecule has 0 aliphatic heterocycles. The van der Waals surface area contributed by atoms with Crippen molar-refractivity contribution in [1.29, 1.82) is 0 Å². The molecule has 0 radical (unpaired) electrons. The second-order valence-corrected chi connectivity index (χ2v) is 6.10. The smallest absolute Gasteiger partial charge is 0.244 e. The lowest BCUT2D eigenvalue weighted by Crippen LogP contribution is -2.25. The molecule has 2 aromatic carbocycles. The van der Waals surface area contributed by atoms with Gasteiger partial charge in [-0.15, -0.1) is 0 Å². The van der Waals surface area contributed by atoms with Crippen LogP contribution in [0.15, 0.2) is 47.6 Å². The molecule has 2 aromatic rings. The molecule has 3 nitrogen and oxygen atoms in total. The zero-order chi connectivity index (χ0) is 15.4. The van der Waals surface area contributed by atoms with E-state index >= 15 is 0 Å². The van der Waals surface area contributed by atoms with Crippen LogP contribution in [-0.4, -0.2) is 11.6 Å². The third-order valence-electron chi connectivity index (χ3n) is 4.44. The standard InChI is InChI=1S/C19H22N2O/c1-14-7-2-5-12-18(14)20-21-19(22)13-16-10-6-9-15-8-3-4-11-17(15)16/h3-4,6,8-11,14H,2,5,7,12-13H2,1H3,(H,21,22). The Morgan fingerprint density at radius 3 is 2.86 bits per heavy atom. The van der Waals surface area contributed by atoms with E-state index in [-0.39, 0.29) is 5.91 Å². The van der Waals surface area contributed by atoms with Gasteiger partial charge >= 0.3 is 0 Å². The number of hydrogen-bond donors (Lipinski definition) is 1. The minimum atomic E-state index is -0.0402. The van der Waals surface area contributed by atoms with Gasteiger partial charge in [-0.25, -0.2) is 5.43 Å². The molecule has 1 unspecified atom stereocenters. The molecule has 114 valence electrons. The van der Waals surface area contributed by atoms with E-state index in [1.807, 2.05) is 24.3 Å². The molecule has 1 aliphatic carbocycles. The molecule has 1 amide bonds. The number of nitrogens with one attached hydrogen (secondary N) is 1. The highest BCUT2D eigenvalue weighted by Crippen LogP contribution is 2.21. The normalized spacial score (nSPS) is 20.2. The molecule has 1 atom stereocenters. The van der Waals surface area contributed by atoms with Crippen LogP contribution in [0.4, 0.5) is 0 Å². The Kier molecular flexibility index (Phi) is 4.52.